The first-order valence-electron chi connectivity index (χ1n) is 9.74. The van der Waals surface area contributed by atoms with Gasteiger partial charge in [0.2, 0.25) is 0 Å². The van der Waals surface area contributed by atoms with Gasteiger partial charge in [0.1, 0.15) is 11.9 Å². The Labute approximate surface area is 197 Å². The molecular formula is C22H32IN3O3S. The molecule has 30 heavy (non-hydrogen) atoms. The van der Waals surface area contributed by atoms with E-state index in [-0.39, 0.29) is 30.1 Å². The van der Waals surface area contributed by atoms with E-state index < -0.39 is 9.84 Å². The molecule has 6 nitrogen and oxygen atoms in total. The van der Waals surface area contributed by atoms with Crippen molar-refractivity contribution in [2.45, 2.75) is 45.2 Å². The Bertz CT molecular complexity index is 962. The molecule has 0 fully saturated rings. The number of hydrogen-bond donors (Lipinski definition) is 2. The van der Waals surface area contributed by atoms with Crippen molar-refractivity contribution in [2.75, 3.05) is 19.3 Å². The molecule has 0 radical (unpaired) electrons. The van der Waals surface area contributed by atoms with E-state index >= 15 is 0 Å². The first kappa shape index (κ1) is 26.2. The van der Waals surface area contributed by atoms with Crippen molar-refractivity contribution in [3.8, 4) is 5.75 Å². The molecule has 1 unspecified atom stereocenters. The molecular weight excluding hydrogens is 513 g/mol. The third kappa shape index (κ3) is 8.51. The van der Waals surface area contributed by atoms with E-state index in [0.717, 1.165) is 29.0 Å². The first-order chi connectivity index (χ1) is 13.7. The largest absolute Gasteiger partial charge is 0.489 e. The summed E-state index contributed by atoms with van der Waals surface area (Å²) in [6.45, 7) is 9.65. The van der Waals surface area contributed by atoms with Gasteiger partial charge >= 0.3 is 0 Å². The van der Waals surface area contributed by atoms with Crippen molar-refractivity contribution in [3.63, 3.8) is 0 Å². The molecule has 0 saturated heterocycles. The number of halogens is 1. The highest BCUT2D eigenvalue weighted by atomic mass is 127. The highest BCUT2D eigenvalue weighted by molar-refractivity contribution is 14.0. The van der Waals surface area contributed by atoms with Gasteiger partial charge in [0.05, 0.1) is 18.0 Å². The lowest BCUT2D eigenvalue weighted by atomic mass is 10.1. The smallest absolute Gasteiger partial charge is 0.191 e. The lowest BCUT2D eigenvalue weighted by Crippen LogP contribution is -2.41. The zero-order valence-electron chi connectivity index (χ0n) is 18.2. The summed E-state index contributed by atoms with van der Waals surface area (Å²) < 4.78 is 29.5. The van der Waals surface area contributed by atoms with Crippen molar-refractivity contribution in [1.82, 2.24) is 10.6 Å². The molecule has 2 aromatic rings. The van der Waals surface area contributed by atoms with Crippen molar-refractivity contribution in [1.29, 1.82) is 0 Å². The average molecular weight is 545 g/mol. The predicted molar refractivity (Wildman–Crippen MR) is 134 cm³/mol. The number of sulfone groups is 1. The Balaban J connectivity index is 0.00000450. The second kappa shape index (κ2) is 12.1. The number of nitrogens with zero attached hydrogens (tertiary/aromatic N) is 1. The summed E-state index contributed by atoms with van der Waals surface area (Å²) in [7, 11) is -3.21. The van der Waals surface area contributed by atoms with Crippen molar-refractivity contribution < 1.29 is 13.2 Å². The Hall–Kier alpha value is -1.81. The summed E-state index contributed by atoms with van der Waals surface area (Å²) in [5.74, 6) is 1.54. The molecule has 1 atom stereocenters. The molecule has 0 heterocycles. The van der Waals surface area contributed by atoms with Gasteiger partial charge in [-0.05, 0) is 62.6 Å². The molecule has 0 amide bonds. The number of aliphatic imine (C=N–C) groups is 1. The van der Waals surface area contributed by atoms with E-state index in [1.54, 1.807) is 19.1 Å². The highest BCUT2D eigenvalue weighted by Gasteiger charge is 2.11. The molecule has 0 saturated carbocycles. The summed E-state index contributed by atoms with van der Waals surface area (Å²) in [4.78, 5) is 4.96. The van der Waals surface area contributed by atoms with Crippen LogP contribution in [0.2, 0.25) is 0 Å². The number of ether oxygens (including phenoxy) is 1. The molecule has 8 heteroatoms. The summed E-state index contributed by atoms with van der Waals surface area (Å²) in [6.07, 6.45) is 1.19. The van der Waals surface area contributed by atoms with E-state index in [0.29, 0.717) is 23.9 Å². The number of guanidine groups is 1. The van der Waals surface area contributed by atoms with Crippen LogP contribution in [0.1, 0.15) is 30.5 Å². The normalized spacial score (nSPS) is 12.6. The van der Waals surface area contributed by atoms with E-state index in [9.17, 15) is 8.42 Å². The summed E-state index contributed by atoms with van der Waals surface area (Å²) in [6, 6.07) is 13.3. The van der Waals surface area contributed by atoms with E-state index in [1.807, 2.05) is 51.1 Å². The van der Waals surface area contributed by atoms with Crippen LogP contribution in [-0.4, -0.2) is 39.8 Å². The molecule has 0 aliphatic heterocycles. The molecule has 166 valence electrons. The number of hydrogen-bond acceptors (Lipinski definition) is 4. The fraction of sp³-hybridized carbons (Fsp3) is 0.409. The van der Waals surface area contributed by atoms with Gasteiger partial charge < -0.3 is 15.4 Å². The van der Waals surface area contributed by atoms with Crippen LogP contribution in [0, 0.1) is 13.8 Å². The fourth-order valence-corrected chi connectivity index (χ4v) is 3.90. The van der Waals surface area contributed by atoms with Crippen molar-refractivity contribution in [3.05, 3.63) is 59.2 Å². The molecule has 0 spiro atoms. The SMILES string of the molecule is CCNC(=NCc1ccc(S(C)(=O)=O)c(C)c1)NCC(C)Oc1cccc(C)c1.I. The molecule has 2 rings (SSSR count). The zero-order valence-corrected chi connectivity index (χ0v) is 21.4. The lowest BCUT2D eigenvalue weighted by molar-refractivity contribution is 0.223. The van der Waals surface area contributed by atoms with Gasteiger partial charge in [-0.2, -0.15) is 0 Å². The van der Waals surface area contributed by atoms with Gasteiger partial charge in [-0.25, -0.2) is 13.4 Å². The van der Waals surface area contributed by atoms with Crippen LogP contribution in [0.15, 0.2) is 52.4 Å². The van der Waals surface area contributed by atoms with E-state index in [1.165, 1.54) is 6.26 Å². The average Bonchev–Trinajstić information content (AvgIpc) is 2.63. The predicted octanol–water partition coefficient (Wildman–Crippen LogP) is 3.85. The van der Waals surface area contributed by atoms with Crippen LogP contribution in [-0.2, 0) is 16.4 Å². The number of nitrogens with one attached hydrogen (secondary N) is 2. The summed E-state index contributed by atoms with van der Waals surface area (Å²) >= 11 is 0. The molecule has 0 bridgehead atoms. The third-order valence-electron chi connectivity index (χ3n) is 4.29. The maximum atomic E-state index is 11.8. The number of rotatable bonds is 8. The second-order valence-electron chi connectivity index (χ2n) is 7.19. The van der Waals surface area contributed by atoms with Crippen LogP contribution < -0.4 is 15.4 Å². The topological polar surface area (TPSA) is 79.8 Å². The maximum Gasteiger partial charge on any atom is 0.191 e. The van der Waals surface area contributed by atoms with Crippen molar-refractivity contribution >= 4 is 39.8 Å². The van der Waals surface area contributed by atoms with Crippen LogP contribution in [0.5, 0.6) is 5.75 Å². The van der Waals surface area contributed by atoms with Gasteiger partial charge in [-0.1, -0.05) is 24.3 Å². The number of aryl methyl sites for hydroxylation is 2. The minimum Gasteiger partial charge on any atom is -0.489 e. The Morgan fingerprint density at radius 2 is 1.87 bits per heavy atom. The minimum absolute atomic E-state index is 0. The van der Waals surface area contributed by atoms with E-state index in [4.69, 9.17) is 4.74 Å². The van der Waals surface area contributed by atoms with Gasteiger partial charge in [0, 0.05) is 12.8 Å². The van der Waals surface area contributed by atoms with Crippen molar-refractivity contribution in [2.24, 2.45) is 4.99 Å². The van der Waals surface area contributed by atoms with Gasteiger partial charge in [0.15, 0.2) is 15.8 Å². The second-order valence-corrected chi connectivity index (χ2v) is 9.18. The van der Waals surface area contributed by atoms with Gasteiger partial charge in [-0.3, -0.25) is 0 Å². The monoisotopic (exact) mass is 545 g/mol. The highest BCUT2D eigenvalue weighted by Crippen LogP contribution is 2.17. The van der Waals surface area contributed by atoms with Crippen LogP contribution >= 0.6 is 24.0 Å². The summed E-state index contributed by atoms with van der Waals surface area (Å²) in [5.41, 5.74) is 2.85. The quantitative estimate of drug-likeness (QED) is 0.300. The van der Waals surface area contributed by atoms with Gasteiger partial charge in [-0.15, -0.1) is 24.0 Å². The Kier molecular flexibility index (Phi) is 10.6. The summed E-state index contributed by atoms with van der Waals surface area (Å²) in [5, 5.41) is 6.51. The van der Waals surface area contributed by atoms with Crippen LogP contribution in [0.3, 0.4) is 0 Å². The molecule has 0 aromatic heterocycles. The Morgan fingerprint density at radius 3 is 2.47 bits per heavy atom. The lowest BCUT2D eigenvalue weighted by Gasteiger charge is -2.18. The third-order valence-corrected chi connectivity index (χ3v) is 5.54. The Morgan fingerprint density at radius 1 is 1.13 bits per heavy atom. The van der Waals surface area contributed by atoms with Crippen LogP contribution in [0.4, 0.5) is 0 Å². The molecule has 2 N–H and O–H groups in total. The molecule has 2 aromatic carbocycles. The van der Waals surface area contributed by atoms with Crippen LogP contribution in [0.25, 0.3) is 0 Å². The van der Waals surface area contributed by atoms with E-state index in [2.05, 4.69) is 15.6 Å². The maximum absolute atomic E-state index is 11.8. The molecule has 0 aliphatic carbocycles. The standard InChI is InChI=1S/C22H31N3O3S.HI/c1-6-23-22(24-14-18(4)28-20-9-7-8-16(2)12-20)25-15-19-10-11-21(17(3)13-19)29(5,26)27;/h7-13,18H,6,14-15H2,1-5H3,(H2,23,24,25);1H. The number of benzene rings is 2. The zero-order chi connectivity index (χ0) is 21.4. The minimum atomic E-state index is -3.21. The fourth-order valence-electron chi connectivity index (χ4n) is 2.94. The van der Waals surface area contributed by atoms with Gasteiger partial charge in [0.25, 0.3) is 0 Å². The first-order valence-corrected chi connectivity index (χ1v) is 11.6. The molecule has 0 aliphatic rings.